The minimum Gasteiger partial charge on any atom is -0.371 e. The number of carbonyl (C=O) groups is 1. The summed E-state index contributed by atoms with van der Waals surface area (Å²) >= 11 is 6.06. The third kappa shape index (κ3) is 2.85. The molecule has 0 amide bonds. The predicted molar refractivity (Wildman–Crippen MR) is 75.8 cm³/mol. The highest BCUT2D eigenvalue weighted by Crippen LogP contribution is 2.26. The van der Waals surface area contributed by atoms with Crippen molar-refractivity contribution in [2.45, 2.75) is 18.9 Å². The first-order valence-corrected chi connectivity index (χ1v) is 6.65. The topological polar surface area (TPSA) is 23.6 Å². The molecule has 0 unspecified atom stereocenters. The van der Waals surface area contributed by atoms with Crippen molar-refractivity contribution >= 4 is 23.6 Å². The summed E-state index contributed by atoms with van der Waals surface area (Å²) in [4.78, 5) is 15.4. The molecule has 2 rings (SSSR count). The Morgan fingerprint density at radius 2 is 2.00 bits per heavy atom. The number of piperidine rings is 1. The van der Waals surface area contributed by atoms with E-state index in [0.717, 1.165) is 25.1 Å². The third-order valence-electron chi connectivity index (χ3n) is 3.67. The Labute approximate surface area is 113 Å². The SMILES string of the molecule is CN(C)C1CCN(c2ccc(C=O)c(Cl)c2)CC1. The van der Waals surface area contributed by atoms with E-state index in [1.54, 1.807) is 6.07 Å². The summed E-state index contributed by atoms with van der Waals surface area (Å²) in [5.41, 5.74) is 1.67. The molecule has 1 saturated heterocycles. The Hall–Kier alpha value is -1.06. The van der Waals surface area contributed by atoms with Crippen molar-refractivity contribution in [1.29, 1.82) is 0 Å². The first-order valence-electron chi connectivity index (χ1n) is 6.28. The van der Waals surface area contributed by atoms with Crippen LogP contribution in [0, 0.1) is 0 Å². The molecule has 1 heterocycles. The third-order valence-corrected chi connectivity index (χ3v) is 4.00. The van der Waals surface area contributed by atoms with Crippen molar-refractivity contribution in [3.63, 3.8) is 0 Å². The monoisotopic (exact) mass is 266 g/mol. The van der Waals surface area contributed by atoms with Gasteiger partial charge in [-0.2, -0.15) is 0 Å². The quantitative estimate of drug-likeness (QED) is 0.786. The number of rotatable bonds is 3. The number of nitrogens with zero attached hydrogens (tertiary/aromatic N) is 2. The molecule has 18 heavy (non-hydrogen) atoms. The largest absolute Gasteiger partial charge is 0.371 e. The van der Waals surface area contributed by atoms with Crippen LogP contribution in [0.1, 0.15) is 23.2 Å². The molecule has 1 aromatic rings. The van der Waals surface area contributed by atoms with E-state index in [1.807, 2.05) is 12.1 Å². The molecule has 0 aliphatic carbocycles. The molecule has 1 aliphatic heterocycles. The van der Waals surface area contributed by atoms with E-state index in [9.17, 15) is 4.79 Å². The summed E-state index contributed by atoms with van der Waals surface area (Å²) in [6.45, 7) is 2.08. The second-order valence-electron chi connectivity index (χ2n) is 5.01. The van der Waals surface area contributed by atoms with E-state index in [-0.39, 0.29) is 0 Å². The minimum absolute atomic E-state index is 0.539. The Morgan fingerprint density at radius 1 is 1.33 bits per heavy atom. The smallest absolute Gasteiger partial charge is 0.151 e. The van der Waals surface area contributed by atoms with E-state index in [1.165, 1.54) is 12.8 Å². The molecule has 0 radical (unpaired) electrons. The maximum Gasteiger partial charge on any atom is 0.151 e. The number of aldehydes is 1. The van der Waals surface area contributed by atoms with Gasteiger partial charge in [-0.25, -0.2) is 0 Å². The molecule has 1 aromatic carbocycles. The fourth-order valence-corrected chi connectivity index (χ4v) is 2.67. The number of benzene rings is 1. The molecule has 1 aliphatic rings. The van der Waals surface area contributed by atoms with Crippen molar-refractivity contribution in [3.05, 3.63) is 28.8 Å². The summed E-state index contributed by atoms with van der Waals surface area (Å²) in [6.07, 6.45) is 3.13. The van der Waals surface area contributed by atoms with Gasteiger partial charge in [-0.1, -0.05) is 11.6 Å². The number of halogens is 1. The van der Waals surface area contributed by atoms with Gasteiger partial charge in [-0.15, -0.1) is 0 Å². The second-order valence-corrected chi connectivity index (χ2v) is 5.41. The van der Waals surface area contributed by atoms with Gasteiger partial charge in [0, 0.05) is 30.4 Å². The fourth-order valence-electron chi connectivity index (χ4n) is 2.45. The maximum absolute atomic E-state index is 10.7. The van der Waals surface area contributed by atoms with Crippen LogP contribution < -0.4 is 4.90 Å². The molecular weight excluding hydrogens is 248 g/mol. The van der Waals surface area contributed by atoms with Crippen LogP contribution in [-0.2, 0) is 0 Å². The fraction of sp³-hybridized carbons (Fsp3) is 0.500. The van der Waals surface area contributed by atoms with Crippen LogP contribution >= 0.6 is 11.6 Å². The van der Waals surface area contributed by atoms with Crippen molar-refractivity contribution in [1.82, 2.24) is 4.90 Å². The number of hydrogen-bond acceptors (Lipinski definition) is 3. The number of hydrogen-bond donors (Lipinski definition) is 0. The lowest BCUT2D eigenvalue weighted by atomic mass is 10.0. The maximum atomic E-state index is 10.7. The molecule has 0 atom stereocenters. The van der Waals surface area contributed by atoms with Gasteiger partial charge in [-0.05, 0) is 45.1 Å². The van der Waals surface area contributed by atoms with Crippen LogP contribution in [0.5, 0.6) is 0 Å². The van der Waals surface area contributed by atoms with E-state index in [2.05, 4.69) is 23.9 Å². The first-order chi connectivity index (χ1) is 8.61. The van der Waals surface area contributed by atoms with Gasteiger partial charge < -0.3 is 9.80 Å². The van der Waals surface area contributed by atoms with Crippen molar-refractivity contribution < 1.29 is 4.79 Å². The number of anilines is 1. The van der Waals surface area contributed by atoms with E-state index in [4.69, 9.17) is 11.6 Å². The lowest BCUT2D eigenvalue weighted by Gasteiger charge is -2.36. The first kappa shape index (κ1) is 13.4. The normalized spacial score (nSPS) is 17.2. The summed E-state index contributed by atoms with van der Waals surface area (Å²) in [5.74, 6) is 0. The summed E-state index contributed by atoms with van der Waals surface area (Å²) < 4.78 is 0. The standard InChI is InChI=1S/C14H19ClN2O/c1-16(2)12-5-7-17(8-6-12)13-4-3-11(10-18)14(15)9-13/h3-4,9-10,12H,5-8H2,1-2H3. The van der Waals surface area contributed by atoms with Gasteiger partial charge in [0.05, 0.1) is 5.02 Å². The summed E-state index contributed by atoms with van der Waals surface area (Å²) in [6, 6.07) is 6.33. The molecule has 0 N–H and O–H groups in total. The van der Waals surface area contributed by atoms with Crippen LogP contribution in [0.25, 0.3) is 0 Å². The Bertz CT molecular complexity index is 426. The zero-order valence-electron chi connectivity index (χ0n) is 10.9. The Morgan fingerprint density at radius 3 is 2.50 bits per heavy atom. The Balaban J connectivity index is 2.05. The highest BCUT2D eigenvalue weighted by molar-refractivity contribution is 6.33. The molecule has 3 nitrogen and oxygen atoms in total. The summed E-state index contributed by atoms with van der Waals surface area (Å²) in [7, 11) is 4.27. The van der Waals surface area contributed by atoms with Gasteiger partial charge in [0.15, 0.2) is 6.29 Å². The molecule has 1 fully saturated rings. The second kappa shape index (κ2) is 5.72. The van der Waals surface area contributed by atoms with E-state index < -0.39 is 0 Å². The number of carbonyl (C=O) groups excluding carboxylic acids is 1. The minimum atomic E-state index is 0.539. The van der Waals surface area contributed by atoms with Gasteiger partial charge in [0.2, 0.25) is 0 Å². The van der Waals surface area contributed by atoms with Gasteiger partial charge in [0.1, 0.15) is 0 Å². The van der Waals surface area contributed by atoms with Crippen LogP contribution in [-0.4, -0.2) is 44.4 Å². The van der Waals surface area contributed by atoms with Crippen LogP contribution in [0.2, 0.25) is 5.02 Å². The van der Waals surface area contributed by atoms with Crippen LogP contribution in [0.15, 0.2) is 18.2 Å². The lowest BCUT2D eigenvalue weighted by Crippen LogP contribution is -2.41. The molecule has 0 spiro atoms. The van der Waals surface area contributed by atoms with Crippen LogP contribution in [0.4, 0.5) is 5.69 Å². The van der Waals surface area contributed by atoms with E-state index >= 15 is 0 Å². The van der Waals surface area contributed by atoms with Gasteiger partial charge in [-0.3, -0.25) is 4.79 Å². The molecule has 0 bridgehead atoms. The van der Waals surface area contributed by atoms with Crippen molar-refractivity contribution in [2.75, 3.05) is 32.1 Å². The highest BCUT2D eigenvalue weighted by Gasteiger charge is 2.20. The lowest BCUT2D eigenvalue weighted by molar-refractivity contribution is 0.112. The average molecular weight is 267 g/mol. The predicted octanol–water partition coefficient (Wildman–Crippen LogP) is 2.68. The summed E-state index contributed by atoms with van der Waals surface area (Å²) in [5, 5.41) is 0.539. The molecule has 0 aromatic heterocycles. The molecule has 0 saturated carbocycles. The zero-order chi connectivity index (χ0) is 13.1. The van der Waals surface area contributed by atoms with Crippen LogP contribution in [0.3, 0.4) is 0 Å². The molecule has 4 heteroatoms. The molecular formula is C14H19ClN2O. The van der Waals surface area contributed by atoms with Crippen molar-refractivity contribution in [2.24, 2.45) is 0 Å². The molecule has 98 valence electrons. The zero-order valence-corrected chi connectivity index (χ0v) is 11.7. The highest BCUT2D eigenvalue weighted by atomic mass is 35.5. The van der Waals surface area contributed by atoms with Gasteiger partial charge >= 0.3 is 0 Å². The van der Waals surface area contributed by atoms with E-state index in [0.29, 0.717) is 16.6 Å². The Kier molecular flexibility index (Phi) is 4.25. The van der Waals surface area contributed by atoms with Crippen molar-refractivity contribution in [3.8, 4) is 0 Å². The average Bonchev–Trinajstić information content (AvgIpc) is 2.38. The van der Waals surface area contributed by atoms with Gasteiger partial charge in [0.25, 0.3) is 0 Å².